The van der Waals surface area contributed by atoms with E-state index in [1.807, 2.05) is 6.20 Å². The predicted molar refractivity (Wildman–Crippen MR) is 116 cm³/mol. The van der Waals surface area contributed by atoms with E-state index in [0.29, 0.717) is 11.8 Å². The molecule has 0 radical (unpaired) electrons. The number of H-pyrrole nitrogens is 1. The van der Waals surface area contributed by atoms with E-state index in [1.54, 1.807) is 0 Å². The van der Waals surface area contributed by atoms with Crippen molar-refractivity contribution in [1.82, 2.24) is 20.0 Å². The zero-order valence-electron chi connectivity index (χ0n) is 17.4. The van der Waals surface area contributed by atoms with Crippen LogP contribution in [0.15, 0.2) is 42.6 Å². The lowest BCUT2D eigenvalue weighted by molar-refractivity contribution is 0.0357. The number of ether oxygens (including phenoxy) is 1. The minimum Gasteiger partial charge on any atom is -0.379 e. The fourth-order valence-corrected chi connectivity index (χ4v) is 4.91. The molecule has 0 aliphatic carbocycles. The van der Waals surface area contributed by atoms with Crippen molar-refractivity contribution in [2.24, 2.45) is 0 Å². The fraction of sp³-hybridized carbons (Fsp3) is 0.458. The third-order valence-electron chi connectivity index (χ3n) is 6.55. The Morgan fingerprint density at radius 3 is 2.90 bits per heavy atom. The average molecular weight is 391 g/mol. The molecule has 2 atom stereocenters. The molecule has 0 amide bonds. The summed E-state index contributed by atoms with van der Waals surface area (Å²) in [5, 5.41) is 8.47. The first-order valence-electron chi connectivity index (χ1n) is 10.7. The number of benzene rings is 2. The molecule has 29 heavy (non-hydrogen) atoms. The third-order valence-corrected chi connectivity index (χ3v) is 6.55. The van der Waals surface area contributed by atoms with Crippen LogP contribution >= 0.6 is 0 Å². The minimum atomic E-state index is 0.403. The maximum Gasteiger partial charge on any atom is 0.0653 e. The second-order valence-corrected chi connectivity index (χ2v) is 8.74. The molecule has 2 aromatic carbocycles. The quantitative estimate of drug-likeness (QED) is 0.740. The molecular weight excluding hydrogens is 360 g/mol. The van der Waals surface area contributed by atoms with Crippen molar-refractivity contribution in [2.45, 2.75) is 25.3 Å². The van der Waals surface area contributed by atoms with Crippen molar-refractivity contribution >= 4 is 10.9 Å². The van der Waals surface area contributed by atoms with Gasteiger partial charge >= 0.3 is 0 Å². The van der Waals surface area contributed by atoms with E-state index in [2.05, 4.69) is 70.4 Å². The first kappa shape index (κ1) is 18.8. The number of aromatic nitrogens is 2. The topological polar surface area (TPSA) is 44.4 Å². The molecule has 0 bridgehead atoms. The van der Waals surface area contributed by atoms with Gasteiger partial charge in [0.1, 0.15) is 0 Å². The van der Waals surface area contributed by atoms with Gasteiger partial charge < -0.3 is 9.64 Å². The van der Waals surface area contributed by atoms with Gasteiger partial charge in [0.15, 0.2) is 0 Å². The molecule has 1 saturated heterocycles. The van der Waals surface area contributed by atoms with Gasteiger partial charge in [-0.05, 0) is 41.3 Å². The number of morpholine rings is 1. The number of likely N-dealkylation sites (N-methyl/N-ethyl adjacent to an activating group) is 1. The normalized spacial score (nSPS) is 21.9. The van der Waals surface area contributed by atoms with Crippen molar-refractivity contribution in [3.63, 3.8) is 0 Å². The fourth-order valence-electron chi connectivity index (χ4n) is 4.91. The lowest BCUT2D eigenvalue weighted by Gasteiger charge is -2.34. The predicted octanol–water partition coefficient (Wildman–Crippen LogP) is 3.58. The largest absolute Gasteiger partial charge is 0.379 e. The summed E-state index contributed by atoms with van der Waals surface area (Å²) in [6.45, 7) is 9.37. The lowest BCUT2D eigenvalue weighted by Crippen LogP contribution is -2.38. The summed E-state index contributed by atoms with van der Waals surface area (Å²) in [6, 6.07) is 13.9. The van der Waals surface area contributed by atoms with Crippen LogP contribution in [0.3, 0.4) is 0 Å². The number of rotatable bonds is 4. The summed E-state index contributed by atoms with van der Waals surface area (Å²) in [6.07, 6.45) is 1.89. The summed E-state index contributed by atoms with van der Waals surface area (Å²) >= 11 is 0. The van der Waals surface area contributed by atoms with Gasteiger partial charge in [-0.1, -0.05) is 37.3 Å². The minimum absolute atomic E-state index is 0.403. The van der Waals surface area contributed by atoms with E-state index in [1.165, 1.54) is 27.6 Å². The Morgan fingerprint density at radius 2 is 2.03 bits per heavy atom. The first-order chi connectivity index (χ1) is 14.2. The van der Waals surface area contributed by atoms with Crippen LogP contribution in [0.25, 0.3) is 10.9 Å². The second-order valence-electron chi connectivity index (χ2n) is 8.74. The summed E-state index contributed by atoms with van der Waals surface area (Å²) < 4.78 is 5.50. The third kappa shape index (κ3) is 3.82. The van der Waals surface area contributed by atoms with E-state index >= 15 is 0 Å². The first-order valence-corrected chi connectivity index (χ1v) is 10.7. The van der Waals surface area contributed by atoms with Crippen LogP contribution in [-0.4, -0.2) is 66.4 Å². The average Bonchev–Trinajstić information content (AvgIpc) is 3.21. The van der Waals surface area contributed by atoms with Gasteiger partial charge in [-0.25, -0.2) is 0 Å². The number of aromatic amines is 1. The zero-order valence-corrected chi connectivity index (χ0v) is 17.4. The molecule has 0 spiro atoms. The van der Waals surface area contributed by atoms with Crippen LogP contribution in [0, 0.1) is 0 Å². The van der Waals surface area contributed by atoms with Gasteiger partial charge in [-0.3, -0.25) is 10.00 Å². The van der Waals surface area contributed by atoms with Gasteiger partial charge in [0.2, 0.25) is 0 Å². The van der Waals surface area contributed by atoms with Crippen LogP contribution in [-0.2, 0) is 11.3 Å². The number of hydrogen-bond acceptors (Lipinski definition) is 4. The number of hydrogen-bond donors (Lipinski definition) is 1. The molecule has 5 nitrogen and oxygen atoms in total. The van der Waals surface area contributed by atoms with Crippen molar-refractivity contribution in [1.29, 1.82) is 0 Å². The Kier molecular flexibility index (Phi) is 5.12. The molecule has 3 heterocycles. The van der Waals surface area contributed by atoms with E-state index in [0.717, 1.165) is 51.5 Å². The monoisotopic (exact) mass is 390 g/mol. The molecule has 1 aromatic heterocycles. The van der Waals surface area contributed by atoms with Crippen LogP contribution in [0.4, 0.5) is 0 Å². The molecule has 152 valence electrons. The highest BCUT2D eigenvalue weighted by molar-refractivity contribution is 5.78. The van der Waals surface area contributed by atoms with E-state index in [9.17, 15) is 0 Å². The molecular formula is C24H30N4O. The summed E-state index contributed by atoms with van der Waals surface area (Å²) in [4.78, 5) is 4.97. The van der Waals surface area contributed by atoms with Crippen molar-refractivity contribution < 1.29 is 4.74 Å². The lowest BCUT2D eigenvalue weighted by atomic mass is 9.82. The van der Waals surface area contributed by atoms with Crippen LogP contribution < -0.4 is 0 Å². The van der Waals surface area contributed by atoms with Gasteiger partial charge in [0.25, 0.3) is 0 Å². The van der Waals surface area contributed by atoms with Crippen molar-refractivity contribution in [3.8, 4) is 0 Å². The number of nitrogens with zero attached hydrogens (tertiary/aromatic N) is 3. The molecule has 3 aromatic rings. The molecule has 2 unspecified atom stereocenters. The van der Waals surface area contributed by atoms with Gasteiger partial charge in [0.05, 0.1) is 24.9 Å². The maximum atomic E-state index is 5.50. The van der Waals surface area contributed by atoms with Crippen molar-refractivity contribution in [2.75, 3.05) is 46.4 Å². The Bertz CT molecular complexity index is 991. The van der Waals surface area contributed by atoms with E-state index in [-0.39, 0.29) is 0 Å². The van der Waals surface area contributed by atoms with E-state index < -0.39 is 0 Å². The molecule has 5 rings (SSSR count). The van der Waals surface area contributed by atoms with Crippen LogP contribution in [0.2, 0.25) is 0 Å². The molecule has 1 N–H and O–H groups in total. The van der Waals surface area contributed by atoms with Crippen LogP contribution in [0.1, 0.15) is 41.0 Å². The Hall–Kier alpha value is -2.21. The highest BCUT2D eigenvalue weighted by Gasteiger charge is 2.26. The summed E-state index contributed by atoms with van der Waals surface area (Å²) in [5.74, 6) is 0.936. The van der Waals surface area contributed by atoms with Gasteiger partial charge in [0, 0.05) is 44.0 Å². The number of fused-ring (bicyclic) bond motifs is 2. The standard InChI is InChI=1S/C24H30N4O/c1-17(14-28-7-9-29-10-8-28)18-5-6-22-21(11-18)15-27(2)16-23(22)19-3-4-20-13-25-26-24(20)12-19/h3-6,11-13,17,23H,7-10,14-16H2,1-2H3,(H,25,26). The maximum absolute atomic E-state index is 5.50. The van der Waals surface area contributed by atoms with Crippen molar-refractivity contribution in [3.05, 3.63) is 64.8 Å². The Labute approximate surface area is 172 Å². The molecule has 2 aliphatic rings. The van der Waals surface area contributed by atoms with Gasteiger partial charge in [-0.15, -0.1) is 0 Å². The second kappa shape index (κ2) is 7.90. The zero-order chi connectivity index (χ0) is 19.8. The summed E-state index contributed by atoms with van der Waals surface area (Å²) in [7, 11) is 2.23. The number of nitrogens with one attached hydrogen (secondary N) is 1. The van der Waals surface area contributed by atoms with E-state index in [4.69, 9.17) is 4.74 Å². The van der Waals surface area contributed by atoms with Crippen LogP contribution in [0.5, 0.6) is 0 Å². The Morgan fingerprint density at radius 1 is 1.17 bits per heavy atom. The SMILES string of the molecule is CC(CN1CCOCC1)c1ccc2c(c1)CN(C)CC2c1ccc2cn[nH]c2c1. The molecule has 1 fully saturated rings. The molecule has 2 aliphatic heterocycles. The highest BCUT2D eigenvalue weighted by Crippen LogP contribution is 2.35. The highest BCUT2D eigenvalue weighted by atomic mass is 16.5. The molecule has 0 saturated carbocycles. The Balaban J connectivity index is 1.42. The smallest absolute Gasteiger partial charge is 0.0653 e. The van der Waals surface area contributed by atoms with Gasteiger partial charge in [-0.2, -0.15) is 5.10 Å². The molecule has 5 heteroatoms. The summed E-state index contributed by atoms with van der Waals surface area (Å²) in [5.41, 5.74) is 6.88.